The van der Waals surface area contributed by atoms with Gasteiger partial charge >= 0.3 is 0 Å². The van der Waals surface area contributed by atoms with Crippen molar-refractivity contribution in [3.63, 3.8) is 0 Å². The second kappa shape index (κ2) is 6.67. The number of carbonyl (C=O) groups is 1. The number of aliphatic hydroxyl groups excluding tert-OH is 1. The number of halogens is 2. The molecular weight excluding hydrogens is 194 g/mol. The summed E-state index contributed by atoms with van der Waals surface area (Å²) in [5, 5.41) is 13.8. The maximum Gasteiger partial charge on any atom is 0.265 e. The third-order valence-electron chi connectivity index (χ3n) is 1.67. The molecule has 0 heterocycles. The van der Waals surface area contributed by atoms with Gasteiger partial charge in [0.2, 0.25) is 5.91 Å². The molecular formula is C8H16F2N2O2. The van der Waals surface area contributed by atoms with Crippen LogP contribution in [0.1, 0.15) is 13.8 Å². The summed E-state index contributed by atoms with van der Waals surface area (Å²) in [6.07, 6.45) is -4.52. The van der Waals surface area contributed by atoms with Crippen LogP contribution >= 0.6 is 0 Å². The SMILES string of the molecule is CCNC(=O)C(C)NCC(O)C(F)F. The van der Waals surface area contributed by atoms with Crippen LogP contribution in [0, 0.1) is 0 Å². The van der Waals surface area contributed by atoms with Crippen molar-refractivity contribution in [1.82, 2.24) is 10.6 Å². The van der Waals surface area contributed by atoms with Gasteiger partial charge in [-0.1, -0.05) is 0 Å². The summed E-state index contributed by atoms with van der Waals surface area (Å²) in [7, 11) is 0. The number of hydrogen-bond donors (Lipinski definition) is 3. The number of amides is 1. The second-order valence-electron chi connectivity index (χ2n) is 2.93. The van der Waals surface area contributed by atoms with E-state index in [4.69, 9.17) is 5.11 Å². The summed E-state index contributed by atoms with van der Waals surface area (Å²) in [5.74, 6) is -0.269. The quantitative estimate of drug-likeness (QED) is 0.565. The van der Waals surface area contributed by atoms with Crippen molar-refractivity contribution in [1.29, 1.82) is 0 Å². The lowest BCUT2D eigenvalue weighted by molar-refractivity contribution is -0.122. The fraction of sp³-hybridized carbons (Fsp3) is 0.875. The lowest BCUT2D eigenvalue weighted by Gasteiger charge is -2.15. The number of rotatable bonds is 6. The monoisotopic (exact) mass is 210 g/mol. The van der Waals surface area contributed by atoms with Gasteiger partial charge in [-0.2, -0.15) is 0 Å². The Hall–Kier alpha value is -0.750. The summed E-state index contributed by atoms with van der Waals surface area (Å²) in [4.78, 5) is 11.1. The van der Waals surface area contributed by atoms with Crippen LogP contribution in [0.5, 0.6) is 0 Å². The largest absolute Gasteiger partial charge is 0.386 e. The molecule has 0 aromatic rings. The van der Waals surface area contributed by atoms with Crippen LogP contribution in [-0.4, -0.2) is 42.7 Å². The highest BCUT2D eigenvalue weighted by molar-refractivity contribution is 5.81. The maximum atomic E-state index is 11.8. The Morgan fingerprint density at radius 1 is 1.50 bits per heavy atom. The van der Waals surface area contributed by atoms with E-state index in [0.717, 1.165) is 0 Å². The molecule has 1 amide bonds. The Balaban J connectivity index is 3.72. The van der Waals surface area contributed by atoms with Crippen molar-refractivity contribution in [2.24, 2.45) is 0 Å². The molecule has 0 saturated carbocycles. The van der Waals surface area contributed by atoms with Crippen molar-refractivity contribution in [2.75, 3.05) is 13.1 Å². The van der Waals surface area contributed by atoms with Crippen LogP contribution < -0.4 is 10.6 Å². The van der Waals surface area contributed by atoms with Gasteiger partial charge in [-0.05, 0) is 13.8 Å². The Bertz CT molecular complexity index is 179. The Labute approximate surface area is 81.7 Å². The molecule has 14 heavy (non-hydrogen) atoms. The standard InChI is InChI=1S/C8H16F2N2O2/c1-3-11-8(14)5(2)12-4-6(13)7(9)10/h5-7,12-13H,3-4H2,1-2H3,(H,11,14). The Kier molecular flexibility index (Phi) is 6.31. The van der Waals surface area contributed by atoms with Gasteiger partial charge in [-0.25, -0.2) is 8.78 Å². The van der Waals surface area contributed by atoms with Crippen LogP contribution in [0.4, 0.5) is 8.78 Å². The lowest BCUT2D eigenvalue weighted by atomic mass is 10.3. The number of nitrogens with one attached hydrogen (secondary N) is 2. The molecule has 3 N–H and O–H groups in total. The average molecular weight is 210 g/mol. The maximum absolute atomic E-state index is 11.8. The fourth-order valence-electron chi connectivity index (χ4n) is 0.807. The molecule has 0 aromatic carbocycles. The minimum absolute atomic E-state index is 0.269. The minimum atomic E-state index is -2.79. The van der Waals surface area contributed by atoms with E-state index in [1.165, 1.54) is 0 Å². The third kappa shape index (κ3) is 5.08. The molecule has 0 aliphatic rings. The van der Waals surface area contributed by atoms with E-state index < -0.39 is 18.6 Å². The van der Waals surface area contributed by atoms with Gasteiger partial charge in [0.15, 0.2) is 0 Å². The van der Waals surface area contributed by atoms with E-state index in [9.17, 15) is 13.6 Å². The highest BCUT2D eigenvalue weighted by Crippen LogP contribution is 1.98. The molecule has 6 heteroatoms. The molecule has 0 aliphatic carbocycles. The molecule has 0 aliphatic heterocycles. The Morgan fingerprint density at radius 2 is 2.07 bits per heavy atom. The summed E-state index contributed by atoms with van der Waals surface area (Å²) in [6.45, 7) is 3.50. The summed E-state index contributed by atoms with van der Waals surface area (Å²) in [6, 6.07) is -0.580. The third-order valence-corrected chi connectivity index (χ3v) is 1.67. The van der Waals surface area contributed by atoms with E-state index in [-0.39, 0.29) is 12.5 Å². The van der Waals surface area contributed by atoms with E-state index >= 15 is 0 Å². The number of likely N-dealkylation sites (N-methyl/N-ethyl adjacent to an activating group) is 1. The fourth-order valence-corrected chi connectivity index (χ4v) is 0.807. The first-order valence-corrected chi connectivity index (χ1v) is 4.46. The molecule has 0 aromatic heterocycles. The van der Waals surface area contributed by atoms with Crippen LogP contribution in [0.15, 0.2) is 0 Å². The molecule has 84 valence electrons. The molecule has 2 unspecified atom stereocenters. The number of aliphatic hydroxyl groups is 1. The van der Waals surface area contributed by atoms with E-state index in [2.05, 4.69) is 10.6 Å². The lowest BCUT2D eigenvalue weighted by Crippen LogP contribution is -2.45. The second-order valence-corrected chi connectivity index (χ2v) is 2.93. The van der Waals surface area contributed by atoms with Gasteiger partial charge in [-0.3, -0.25) is 4.79 Å². The molecule has 0 fully saturated rings. The minimum Gasteiger partial charge on any atom is -0.386 e. The molecule has 2 atom stereocenters. The first-order valence-electron chi connectivity index (χ1n) is 4.46. The van der Waals surface area contributed by atoms with Gasteiger partial charge in [0.25, 0.3) is 6.43 Å². The van der Waals surface area contributed by atoms with Crippen molar-refractivity contribution in [2.45, 2.75) is 32.4 Å². The van der Waals surface area contributed by atoms with Gasteiger partial charge in [0.1, 0.15) is 6.10 Å². The van der Waals surface area contributed by atoms with Crippen LogP contribution in [0.2, 0.25) is 0 Å². The van der Waals surface area contributed by atoms with Crippen LogP contribution in [-0.2, 0) is 4.79 Å². The molecule has 0 rings (SSSR count). The van der Waals surface area contributed by atoms with Crippen molar-refractivity contribution in [3.8, 4) is 0 Å². The van der Waals surface area contributed by atoms with E-state index in [1.54, 1.807) is 13.8 Å². The first-order chi connectivity index (χ1) is 6.49. The smallest absolute Gasteiger partial charge is 0.265 e. The van der Waals surface area contributed by atoms with Gasteiger partial charge in [0.05, 0.1) is 6.04 Å². The normalized spacial score (nSPS) is 15.3. The topological polar surface area (TPSA) is 61.4 Å². The van der Waals surface area contributed by atoms with Gasteiger partial charge in [-0.15, -0.1) is 0 Å². The van der Waals surface area contributed by atoms with Crippen molar-refractivity contribution >= 4 is 5.91 Å². The Morgan fingerprint density at radius 3 is 2.50 bits per heavy atom. The van der Waals surface area contributed by atoms with Crippen LogP contribution in [0.3, 0.4) is 0 Å². The molecule has 0 bridgehead atoms. The summed E-state index contributed by atoms with van der Waals surface area (Å²) >= 11 is 0. The number of carbonyl (C=O) groups excluding carboxylic acids is 1. The van der Waals surface area contributed by atoms with E-state index in [0.29, 0.717) is 6.54 Å². The van der Waals surface area contributed by atoms with Crippen LogP contribution in [0.25, 0.3) is 0 Å². The molecule has 4 nitrogen and oxygen atoms in total. The predicted molar refractivity (Wildman–Crippen MR) is 48.2 cm³/mol. The van der Waals surface area contributed by atoms with Crippen molar-refractivity contribution < 1.29 is 18.7 Å². The summed E-state index contributed by atoms with van der Waals surface area (Å²) in [5.41, 5.74) is 0. The van der Waals surface area contributed by atoms with E-state index in [1.807, 2.05) is 0 Å². The average Bonchev–Trinajstić information content (AvgIpc) is 2.13. The molecule has 0 saturated heterocycles. The molecule has 0 spiro atoms. The number of alkyl halides is 2. The molecule has 0 radical (unpaired) electrons. The van der Waals surface area contributed by atoms with Gasteiger partial charge < -0.3 is 15.7 Å². The highest BCUT2D eigenvalue weighted by Gasteiger charge is 2.19. The van der Waals surface area contributed by atoms with Crippen molar-refractivity contribution in [3.05, 3.63) is 0 Å². The zero-order valence-electron chi connectivity index (χ0n) is 8.26. The predicted octanol–water partition coefficient (Wildman–Crippen LogP) is -0.273. The number of hydrogen-bond acceptors (Lipinski definition) is 3. The first kappa shape index (κ1) is 13.2. The summed E-state index contributed by atoms with van der Waals surface area (Å²) < 4.78 is 23.7. The highest BCUT2D eigenvalue weighted by atomic mass is 19.3. The van der Waals surface area contributed by atoms with Gasteiger partial charge in [0, 0.05) is 13.1 Å². The zero-order chi connectivity index (χ0) is 11.1. The zero-order valence-corrected chi connectivity index (χ0v) is 8.26.